The predicted molar refractivity (Wildman–Crippen MR) is 129 cm³/mol. The molecular weight excluding hydrogens is 471 g/mol. The maximum Gasteiger partial charge on any atom is 0.416 e. The van der Waals surface area contributed by atoms with Gasteiger partial charge in [0.05, 0.1) is 11.3 Å². The molecule has 4 aromatic rings. The van der Waals surface area contributed by atoms with Gasteiger partial charge in [-0.3, -0.25) is 4.79 Å². The third-order valence-corrected chi connectivity index (χ3v) is 5.62. The van der Waals surface area contributed by atoms with Crippen molar-refractivity contribution in [3.05, 3.63) is 88.5 Å². The first-order chi connectivity index (χ1) is 17.0. The summed E-state index contributed by atoms with van der Waals surface area (Å²) in [5, 5.41) is 17.5. The van der Waals surface area contributed by atoms with E-state index in [0.717, 1.165) is 35.5 Å². The predicted octanol–water partition coefficient (Wildman–Crippen LogP) is 5.73. The Kier molecular flexibility index (Phi) is 6.78. The summed E-state index contributed by atoms with van der Waals surface area (Å²) in [6, 6.07) is 11.4. The summed E-state index contributed by atoms with van der Waals surface area (Å²) in [4.78, 5) is 21.3. The molecule has 2 heterocycles. The average Bonchev–Trinajstić information content (AvgIpc) is 3.20. The molecule has 0 unspecified atom stereocenters. The highest BCUT2D eigenvalue weighted by Crippen LogP contribution is 2.33. The zero-order valence-electron chi connectivity index (χ0n) is 19.9. The molecule has 2 aromatic heterocycles. The van der Waals surface area contributed by atoms with Gasteiger partial charge in [0.25, 0.3) is 0 Å². The molecule has 0 aliphatic rings. The van der Waals surface area contributed by atoms with E-state index in [1.54, 1.807) is 16.8 Å². The Morgan fingerprint density at radius 1 is 1.06 bits per heavy atom. The molecule has 36 heavy (non-hydrogen) atoms. The van der Waals surface area contributed by atoms with Crippen LogP contribution in [0.1, 0.15) is 45.4 Å². The minimum Gasteiger partial charge on any atom is -0.508 e. The van der Waals surface area contributed by atoms with E-state index in [0.29, 0.717) is 29.0 Å². The van der Waals surface area contributed by atoms with Crippen molar-refractivity contribution in [1.82, 2.24) is 19.7 Å². The number of aromatic nitrogens is 4. The molecule has 186 valence electrons. The van der Waals surface area contributed by atoms with Crippen molar-refractivity contribution in [2.75, 3.05) is 5.32 Å². The summed E-state index contributed by atoms with van der Waals surface area (Å²) in [7, 11) is 0. The molecule has 0 atom stereocenters. The number of phenolic OH excluding ortho intramolecular Hbond substituents is 1. The molecule has 0 spiro atoms. The maximum absolute atomic E-state index is 13.1. The van der Waals surface area contributed by atoms with Gasteiger partial charge in [0, 0.05) is 35.5 Å². The highest BCUT2D eigenvalue weighted by atomic mass is 19.4. The first kappa shape index (κ1) is 24.9. The number of rotatable bonds is 7. The second-order valence-electron chi connectivity index (χ2n) is 8.44. The van der Waals surface area contributed by atoms with Crippen LogP contribution in [0.5, 0.6) is 5.75 Å². The first-order valence-electron chi connectivity index (χ1n) is 11.2. The summed E-state index contributed by atoms with van der Waals surface area (Å²) >= 11 is 0. The van der Waals surface area contributed by atoms with Crippen LogP contribution in [0.4, 0.5) is 24.7 Å². The number of halogens is 3. The average molecular weight is 496 g/mol. The number of carbonyl (C=O) groups is 1. The minimum atomic E-state index is -4.67. The molecule has 0 fully saturated rings. The summed E-state index contributed by atoms with van der Waals surface area (Å²) < 4.78 is 41.0. The quantitative estimate of drug-likeness (QED) is 0.318. The lowest BCUT2D eigenvalue weighted by atomic mass is 9.99. The van der Waals surface area contributed by atoms with Gasteiger partial charge in [-0.2, -0.15) is 23.0 Å². The molecule has 0 radical (unpaired) electrons. The summed E-state index contributed by atoms with van der Waals surface area (Å²) in [5.74, 6) is 0.104. The zero-order chi connectivity index (χ0) is 26.0. The van der Waals surface area contributed by atoms with E-state index in [1.165, 1.54) is 6.33 Å². The Labute approximate surface area is 205 Å². The molecule has 10 heteroatoms. The van der Waals surface area contributed by atoms with Crippen LogP contribution in [0.3, 0.4) is 0 Å². The molecule has 4 rings (SSSR count). The van der Waals surface area contributed by atoms with Gasteiger partial charge in [0.2, 0.25) is 0 Å². The van der Waals surface area contributed by atoms with Crippen LogP contribution in [0.15, 0.2) is 54.9 Å². The minimum absolute atomic E-state index is 0.139. The van der Waals surface area contributed by atoms with Crippen LogP contribution in [0, 0.1) is 13.8 Å². The van der Waals surface area contributed by atoms with E-state index < -0.39 is 23.3 Å². The molecule has 0 aliphatic heterocycles. The number of phenols is 1. The number of carbonyl (C=O) groups excluding carboxylic acids is 1. The highest BCUT2D eigenvalue weighted by molar-refractivity contribution is 5.98. The van der Waals surface area contributed by atoms with E-state index in [2.05, 4.69) is 20.4 Å². The Bertz CT molecular complexity index is 1430. The Balaban J connectivity index is 1.61. The van der Waals surface area contributed by atoms with Crippen LogP contribution < -0.4 is 5.32 Å². The summed E-state index contributed by atoms with van der Waals surface area (Å²) in [5.41, 5.74) is 2.56. The van der Waals surface area contributed by atoms with Gasteiger partial charge in [0.1, 0.15) is 17.9 Å². The maximum atomic E-state index is 13.1. The van der Waals surface area contributed by atoms with Gasteiger partial charge in [-0.1, -0.05) is 19.1 Å². The molecule has 0 saturated carbocycles. The lowest BCUT2D eigenvalue weighted by Gasteiger charge is -2.13. The summed E-state index contributed by atoms with van der Waals surface area (Å²) in [6.07, 6.45) is -2.58. The smallest absolute Gasteiger partial charge is 0.416 e. The molecule has 0 amide bonds. The van der Waals surface area contributed by atoms with Crippen molar-refractivity contribution >= 4 is 17.3 Å². The fraction of sp³-hybridized carbons (Fsp3) is 0.231. The monoisotopic (exact) mass is 495 g/mol. The van der Waals surface area contributed by atoms with Gasteiger partial charge in [0.15, 0.2) is 11.6 Å². The van der Waals surface area contributed by atoms with Crippen LogP contribution in [-0.2, 0) is 19.0 Å². The van der Waals surface area contributed by atoms with E-state index in [-0.39, 0.29) is 12.0 Å². The van der Waals surface area contributed by atoms with Crippen molar-refractivity contribution in [3.8, 4) is 11.6 Å². The van der Waals surface area contributed by atoms with E-state index in [9.17, 15) is 23.1 Å². The number of nitrogens with zero attached hydrogens (tertiary/aromatic N) is 4. The second kappa shape index (κ2) is 9.80. The molecule has 0 saturated heterocycles. The Morgan fingerprint density at radius 2 is 1.83 bits per heavy atom. The van der Waals surface area contributed by atoms with E-state index in [1.807, 2.05) is 39.0 Å². The highest BCUT2D eigenvalue weighted by Gasteiger charge is 2.32. The molecule has 0 bridgehead atoms. The number of nitrogens with one attached hydrogen (secondary N) is 1. The van der Waals surface area contributed by atoms with Gasteiger partial charge < -0.3 is 10.4 Å². The SMILES string of the molecule is CCc1cc(-n2nc(C)cc2Nc2cc(CC(=O)c3cc(O)cc(C(F)(F)F)c3)ccc2C)ncn1. The fourth-order valence-corrected chi connectivity index (χ4v) is 3.73. The fourth-order valence-electron chi connectivity index (χ4n) is 3.73. The molecule has 2 aromatic carbocycles. The number of anilines is 2. The third kappa shape index (κ3) is 5.54. The lowest BCUT2D eigenvalue weighted by molar-refractivity contribution is -0.137. The normalized spacial score (nSPS) is 11.5. The number of alkyl halides is 3. The van der Waals surface area contributed by atoms with Crippen LogP contribution in [0.2, 0.25) is 0 Å². The summed E-state index contributed by atoms with van der Waals surface area (Å²) in [6.45, 7) is 5.75. The molecule has 2 N–H and O–H groups in total. The Morgan fingerprint density at radius 3 is 2.56 bits per heavy atom. The molecular formula is C26H24F3N5O2. The van der Waals surface area contributed by atoms with Crippen molar-refractivity contribution < 1.29 is 23.1 Å². The number of ketones is 1. The van der Waals surface area contributed by atoms with Crippen LogP contribution in [-0.4, -0.2) is 30.6 Å². The topological polar surface area (TPSA) is 92.9 Å². The number of hydrogen-bond acceptors (Lipinski definition) is 6. The lowest BCUT2D eigenvalue weighted by Crippen LogP contribution is -2.10. The third-order valence-electron chi connectivity index (χ3n) is 5.62. The van der Waals surface area contributed by atoms with Crippen molar-refractivity contribution in [1.29, 1.82) is 0 Å². The van der Waals surface area contributed by atoms with Crippen molar-refractivity contribution in [2.24, 2.45) is 0 Å². The van der Waals surface area contributed by atoms with Crippen LogP contribution in [0.25, 0.3) is 5.82 Å². The number of benzene rings is 2. The van der Waals surface area contributed by atoms with E-state index in [4.69, 9.17) is 0 Å². The van der Waals surface area contributed by atoms with Crippen molar-refractivity contribution in [2.45, 2.75) is 39.8 Å². The standard InChI is InChI=1S/C26H24F3N5O2/c1-4-20-13-24(31-14-30-20)34-25(7-16(3)33-34)32-22-8-17(6-5-15(22)2)9-23(36)18-10-19(26(27,28)29)12-21(35)11-18/h5-8,10-14,32,35H,4,9H2,1-3H3. The molecule has 7 nitrogen and oxygen atoms in total. The number of aryl methyl sites for hydroxylation is 3. The van der Waals surface area contributed by atoms with E-state index >= 15 is 0 Å². The number of Topliss-reactive ketones (excluding diaryl/α,β-unsaturated/α-hetero) is 1. The number of aromatic hydroxyl groups is 1. The van der Waals surface area contributed by atoms with Crippen molar-refractivity contribution in [3.63, 3.8) is 0 Å². The zero-order valence-corrected chi connectivity index (χ0v) is 19.9. The second-order valence-corrected chi connectivity index (χ2v) is 8.44. The van der Waals surface area contributed by atoms with Crippen LogP contribution >= 0.6 is 0 Å². The van der Waals surface area contributed by atoms with Gasteiger partial charge in [-0.05, 0) is 55.7 Å². The molecule has 0 aliphatic carbocycles. The van der Waals surface area contributed by atoms with Gasteiger partial charge >= 0.3 is 6.18 Å². The first-order valence-corrected chi connectivity index (χ1v) is 11.2. The largest absolute Gasteiger partial charge is 0.508 e. The van der Waals surface area contributed by atoms with Gasteiger partial charge in [-0.25, -0.2) is 9.97 Å². The van der Waals surface area contributed by atoms with Gasteiger partial charge in [-0.15, -0.1) is 0 Å². The number of hydrogen-bond donors (Lipinski definition) is 2. The Hall–Kier alpha value is -4.21.